The monoisotopic (exact) mass is 520 g/mol. The molecule has 1 fully saturated rings. The summed E-state index contributed by atoms with van der Waals surface area (Å²) in [6.45, 7) is 5.91. The molecule has 2 heterocycles. The molecule has 2 aromatic rings. The van der Waals surface area contributed by atoms with E-state index in [4.69, 9.17) is 0 Å². The Kier molecular flexibility index (Phi) is 8.32. The molecule has 2 N–H and O–H groups in total. The summed E-state index contributed by atoms with van der Waals surface area (Å²) in [6.07, 6.45) is 4.36. The molecule has 1 aromatic heterocycles. The van der Waals surface area contributed by atoms with Crippen molar-refractivity contribution in [2.45, 2.75) is 25.3 Å². The minimum absolute atomic E-state index is 0. The van der Waals surface area contributed by atoms with Gasteiger partial charge in [-0.3, -0.25) is 4.99 Å². The molecule has 162 valence electrons. The molecule has 0 amide bonds. The van der Waals surface area contributed by atoms with Gasteiger partial charge in [0.2, 0.25) is 0 Å². The average Bonchev–Trinajstić information content (AvgIpc) is 3.18. The van der Waals surface area contributed by atoms with Crippen molar-refractivity contribution in [1.82, 2.24) is 20.5 Å². The number of hydrogen-bond acceptors (Lipinski definition) is 4. The van der Waals surface area contributed by atoms with E-state index in [1.165, 1.54) is 24.0 Å². The SMILES string of the molecule is CN=C(NCc1ccc(N2CCN(C)CC2)nc1)NCC1CCc2ccccc21.I. The molecule has 0 saturated carbocycles. The van der Waals surface area contributed by atoms with Crippen molar-refractivity contribution in [3.63, 3.8) is 0 Å². The highest BCUT2D eigenvalue weighted by Crippen LogP contribution is 2.32. The van der Waals surface area contributed by atoms with Gasteiger partial charge in [-0.2, -0.15) is 0 Å². The summed E-state index contributed by atoms with van der Waals surface area (Å²) in [5.74, 6) is 2.48. The van der Waals surface area contributed by atoms with E-state index in [0.29, 0.717) is 5.92 Å². The van der Waals surface area contributed by atoms with Crippen LogP contribution in [-0.4, -0.2) is 62.7 Å². The van der Waals surface area contributed by atoms with Gasteiger partial charge in [-0.1, -0.05) is 30.3 Å². The van der Waals surface area contributed by atoms with Gasteiger partial charge in [0.1, 0.15) is 5.82 Å². The van der Waals surface area contributed by atoms with E-state index in [1.54, 1.807) is 0 Å². The lowest BCUT2D eigenvalue weighted by molar-refractivity contribution is 0.312. The second-order valence-electron chi connectivity index (χ2n) is 8.06. The number of fused-ring (bicyclic) bond motifs is 1. The van der Waals surface area contributed by atoms with E-state index in [2.05, 4.69) is 73.9 Å². The summed E-state index contributed by atoms with van der Waals surface area (Å²) in [5.41, 5.74) is 4.14. The van der Waals surface area contributed by atoms with Gasteiger partial charge in [0, 0.05) is 58.4 Å². The molecule has 4 rings (SSSR count). The molecule has 1 aromatic carbocycles. The zero-order chi connectivity index (χ0) is 20.1. The Bertz CT molecular complexity index is 830. The van der Waals surface area contributed by atoms with Gasteiger partial charge in [0.25, 0.3) is 0 Å². The van der Waals surface area contributed by atoms with Crippen LogP contribution in [0.4, 0.5) is 5.82 Å². The Balaban J connectivity index is 0.00000256. The van der Waals surface area contributed by atoms with Crippen LogP contribution in [0.1, 0.15) is 29.0 Å². The van der Waals surface area contributed by atoms with Gasteiger partial charge < -0.3 is 20.4 Å². The summed E-state index contributed by atoms with van der Waals surface area (Å²) in [6, 6.07) is 13.1. The standard InChI is InChI=1S/C23H32N6.HI/c1-24-23(27-17-20-9-8-19-5-3-4-6-21(19)20)26-16-18-7-10-22(25-15-18)29-13-11-28(2)12-14-29;/h3-7,10,15,20H,8-9,11-14,16-17H2,1-2H3,(H2,24,26,27);1H. The number of rotatable bonds is 5. The van der Waals surface area contributed by atoms with Crippen LogP contribution in [0.2, 0.25) is 0 Å². The van der Waals surface area contributed by atoms with Crippen LogP contribution in [0.15, 0.2) is 47.6 Å². The lowest BCUT2D eigenvalue weighted by atomic mass is 10.0. The maximum Gasteiger partial charge on any atom is 0.191 e. The fourth-order valence-electron chi connectivity index (χ4n) is 4.23. The Labute approximate surface area is 197 Å². The Hall–Kier alpha value is -1.87. The minimum atomic E-state index is 0. The molecular weight excluding hydrogens is 487 g/mol. The molecule has 1 aliphatic carbocycles. The third-order valence-electron chi connectivity index (χ3n) is 6.09. The van der Waals surface area contributed by atoms with Crippen LogP contribution >= 0.6 is 24.0 Å². The number of hydrogen-bond donors (Lipinski definition) is 2. The quantitative estimate of drug-likeness (QED) is 0.361. The zero-order valence-electron chi connectivity index (χ0n) is 18.0. The average molecular weight is 520 g/mol. The van der Waals surface area contributed by atoms with Crippen LogP contribution in [0.3, 0.4) is 0 Å². The molecule has 0 bridgehead atoms. The van der Waals surface area contributed by atoms with Crippen molar-refractivity contribution in [3.05, 3.63) is 59.3 Å². The summed E-state index contributed by atoms with van der Waals surface area (Å²) in [5, 5.41) is 6.91. The minimum Gasteiger partial charge on any atom is -0.356 e. The summed E-state index contributed by atoms with van der Waals surface area (Å²) in [4.78, 5) is 13.8. The lowest BCUT2D eigenvalue weighted by Gasteiger charge is -2.33. The first kappa shape index (κ1) is 22.8. The Morgan fingerprint density at radius 1 is 1.10 bits per heavy atom. The number of aryl methyl sites for hydroxylation is 1. The highest BCUT2D eigenvalue weighted by molar-refractivity contribution is 14.0. The highest BCUT2D eigenvalue weighted by Gasteiger charge is 2.21. The van der Waals surface area contributed by atoms with Crippen molar-refractivity contribution >= 4 is 35.8 Å². The molecule has 0 spiro atoms. The molecule has 7 heteroatoms. The molecule has 2 aliphatic rings. The number of benzene rings is 1. The second kappa shape index (κ2) is 10.9. The number of nitrogens with zero attached hydrogens (tertiary/aromatic N) is 4. The number of nitrogens with one attached hydrogen (secondary N) is 2. The van der Waals surface area contributed by atoms with Crippen molar-refractivity contribution in [3.8, 4) is 0 Å². The van der Waals surface area contributed by atoms with Gasteiger partial charge in [-0.25, -0.2) is 4.98 Å². The zero-order valence-corrected chi connectivity index (χ0v) is 20.3. The Morgan fingerprint density at radius 3 is 2.63 bits per heavy atom. The van der Waals surface area contributed by atoms with Crippen LogP contribution in [0.25, 0.3) is 0 Å². The van der Waals surface area contributed by atoms with Gasteiger partial charge in [-0.05, 0) is 42.6 Å². The van der Waals surface area contributed by atoms with Crippen molar-refractivity contribution < 1.29 is 0 Å². The van der Waals surface area contributed by atoms with Crippen LogP contribution < -0.4 is 15.5 Å². The van der Waals surface area contributed by atoms with Gasteiger partial charge >= 0.3 is 0 Å². The Morgan fingerprint density at radius 2 is 1.90 bits per heavy atom. The van der Waals surface area contributed by atoms with Crippen molar-refractivity contribution in [2.24, 2.45) is 4.99 Å². The maximum absolute atomic E-state index is 4.67. The van der Waals surface area contributed by atoms with E-state index in [-0.39, 0.29) is 24.0 Å². The highest BCUT2D eigenvalue weighted by atomic mass is 127. The maximum atomic E-state index is 4.67. The number of aliphatic imine (C=N–C) groups is 1. The largest absolute Gasteiger partial charge is 0.356 e. The van der Waals surface area contributed by atoms with Crippen LogP contribution in [-0.2, 0) is 13.0 Å². The topological polar surface area (TPSA) is 55.8 Å². The molecule has 1 unspecified atom stereocenters. The van der Waals surface area contributed by atoms with Gasteiger partial charge in [0.15, 0.2) is 5.96 Å². The van der Waals surface area contributed by atoms with Crippen molar-refractivity contribution in [2.75, 3.05) is 51.7 Å². The van der Waals surface area contributed by atoms with Crippen molar-refractivity contribution in [1.29, 1.82) is 0 Å². The third kappa shape index (κ3) is 5.63. The number of pyridine rings is 1. The molecule has 1 aliphatic heterocycles. The summed E-state index contributed by atoms with van der Waals surface area (Å²) in [7, 11) is 4.00. The van der Waals surface area contributed by atoms with Gasteiger partial charge in [-0.15, -0.1) is 24.0 Å². The smallest absolute Gasteiger partial charge is 0.191 e. The number of halogens is 1. The molecule has 0 radical (unpaired) electrons. The second-order valence-corrected chi connectivity index (χ2v) is 8.06. The molecule has 6 nitrogen and oxygen atoms in total. The third-order valence-corrected chi connectivity index (χ3v) is 6.09. The number of guanidine groups is 1. The first-order chi connectivity index (χ1) is 14.2. The predicted molar refractivity (Wildman–Crippen MR) is 135 cm³/mol. The number of piperazine rings is 1. The summed E-state index contributed by atoms with van der Waals surface area (Å²) < 4.78 is 0. The van der Waals surface area contributed by atoms with E-state index >= 15 is 0 Å². The van der Waals surface area contributed by atoms with Crippen LogP contribution in [0.5, 0.6) is 0 Å². The number of aromatic nitrogens is 1. The van der Waals surface area contributed by atoms with E-state index < -0.39 is 0 Å². The molecule has 1 atom stereocenters. The van der Waals surface area contributed by atoms with E-state index in [9.17, 15) is 0 Å². The van der Waals surface area contributed by atoms with Gasteiger partial charge in [0.05, 0.1) is 0 Å². The predicted octanol–water partition coefficient (Wildman–Crippen LogP) is 2.85. The van der Waals surface area contributed by atoms with Crippen LogP contribution in [0, 0.1) is 0 Å². The number of anilines is 1. The molecule has 30 heavy (non-hydrogen) atoms. The molecular formula is C23H33IN6. The van der Waals surface area contributed by atoms with E-state index in [1.807, 2.05) is 13.2 Å². The van der Waals surface area contributed by atoms with E-state index in [0.717, 1.165) is 56.6 Å². The molecule has 1 saturated heterocycles. The number of likely N-dealkylation sites (N-methyl/N-ethyl adjacent to an activating group) is 1. The summed E-state index contributed by atoms with van der Waals surface area (Å²) >= 11 is 0. The normalized spacial score (nSPS) is 19.2. The first-order valence-corrected chi connectivity index (χ1v) is 10.6. The lowest BCUT2D eigenvalue weighted by Crippen LogP contribution is -2.44. The first-order valence-electron chi connectivity index (χ1n) is 10.6. The fraction of sp³-hybridized carbons (Fsp3) is 0.478. The fourth-order valence-corrected chi connectivity index (χ4v) is 4.23.